The molecule has 82 heavy (non-hydrogen) atoms. The molecule has 0 saturated carbocycles. The van der Waals surface area contributed by atoms with Crippen molar-refractivity contribution < 1.29 is 89.4 Å². The zero-order valence-corrected chi connectivity index (χ0v) is 49.7. The lowest BCUT2D eigenvalue weighted by Gasteiger charge is -2.48. The normalized spacial score (nSPS) is 30.0. The summed E-state index contributed by atoms with van der Waals surface area (Å²) in [5, 5.41) is 120. The van der Waals surface area contributed by atoms with E-state index in [0.29, 0.717) is 12.8 Å². The maximum Gasteiger partial charge on any atom is 0.220 e. The van der Waals surface area contributed by atoms with Crippen molar-refractivity contribution in [3.63, 3.8) is 0 Å². The summed E-state index contributed by atoms with van der Waals surface area (Å²) >= 11 is 0. The van der Waals surface area contributed by atoms with E-state index in [2.05, 4.69) is 55.6 Å². The van der Waals surface area contributed by atoms with E-state index in [-0.39, 0.29) is 18.9 Å². The van der Waals surface area contributed by atoms with E-state index in [4.69, 9.17) is 28.4 Å². The molecule has 3 fully saturated rings. The molecule has 0 aromatic heterocycles. The Morgan fingerprint density at radius 2 is 0.841 bits per heavy atom. The van der Waals surface area contributed by atoms with E-state index in [9.17, 15) is 61.0 Å². The van der Waals surface area contributed by atoms with Gasteiger partial charge in [-0.2, -0.15) is 0 Å². The van der Waals surface area contributed by atoms with Crippen LogP contribution in [0.4, 0.5) is 0 Å². The third kappa shape index (κ3) is 28.8. The number of carbonyl (C=O) groups excluding carboxylic acids is 1. The molecule has 3 saturated heterocycles. The molecule has 19 heteroatoms. The van der Waals surface area contributed by atoms with E-state index in [1.54, 1.807) is 6.08 Å². The molecule has 0 radical (unpaired) electrons. The molecule has 19 nitrogen and oxygen atoms in total. The van der Waals surface area contributed by atoms with Crippen molar-refractivity contribution in [2.45, 2.75) is 304 Å². The second-order valence-electron chi connectivity index (χ2n) is 22.5. The van der Waals surface area contributed by atoms with Gasteiger partial charge in [0.25, 0.3) is 0 Å². The van der Waals surface area contributed by atoms with Crippen LogP contribution in [-0.2, 0) is 33.2 Å². The third-order valence-electron chi connectivity index (χ3n) is 15.6. The Labute approximate surface area is 490 Å². The Morgan fingerprint density at radius 1 is 0.451 bits per heavy atom. The minimum atomic E-state index is -1.99. The minimum absolute atomic E-state index is 0.120. The number of amides is 1. The van der Waals surface area contributed by atoms with Crippen molar-refractivity contribution in [2.24, 2.45) is 0 Å². The molecule has 0 aliphatic carbocycles. The lowest BCUT2D eigenvalue weighted by atomic mass is 9.96. The topological polar surface area (TPSA) is 307 Å². The van der Waals surface area contributed by atoms with Crippen molar-refractivity contribution in [3.8, 4) is 0 Å². The van der Waals surface area contributed by atoms with Gasteiger partial charge in [0, 0.05) is 6.42 Å². The van der Waals surface area contributed by atoms with Crippen LogP contribution < -0.4 is 5.32 Å². The Kier molecular flexibility index (Phi) is 41.2. The number of hydrogen-bond acceptors (Lipinski definition) is 18. The standard InChI is InChI=1S/C63H111NO18/c1-3-5-7-9-11-13-15-17-18-19-20-21-22-23-24-25-26-27-29-30-32-34-36-38-40-47(68)46(64-51(69)41-39-37-35-33-31-28-16-14-12-10-8-6-4-2)45-77-61-57(75)54(72)59(49(43-66)79-61)82-63-58(76)55(73)60(50(44-67)80-63)81-62-56(74)53(71)52(70)48(42-65)78-62/h6,8,12,14,28,31,35,37-38,40,46-50,52-63,65-68,70-76H,3-5,7,9-11,13,15-27,29-30,32-34,36,39,41-45H2,1-2H3,(H,64,69)/b8-6-,14-12-,31-28-,37-35-,40-38+. The van der Waals surface area contributed by atoms with Gasteiger partial charge < -0.3 is 89.9 Å². The van der Waals surface area contributed by atoms with Crippen LogP contribution in [0.1, 0.15) is 200 Å². The highest BCUT2D eigenvalue weighted by Crippen LogP contribution is 2.33. The summed E-state index contributed by atoms with van der Waals surface area (Å²) in [6.07, 6.45) is 26.6. The van der Waals surface area contributed by atoms with Crippen molar-refractivity contribution in [2.75, 3.05) is 26.4 Å². The summed E-state index contributed by atoms with van der Waals surface area (Å²) in [6.45, 7) is 1.55. The van der Waals surface area contributed by atoms with Gasteiger partial charge in [-0.15, -0.1) is 0 Å². The maximum absolute atomic E-state index is 13.3. The second kappa shape index (κ2) is 45.8. The van der Waals surface area contributed by atoms with Crippen LogP contribution in [0.25, 0.3) is 0 Å². The fourth-order valence-electron chi connectivity index (χ4n) is 10.4. The lowest BCUT2D eigenvalue weighted by molar-refractivity contribution is -0.379. The van der Waals surface area contributed by atoms with Crippen molar-refractivity contribution in [1.82, 2.24) is 5.32 Å². The molecule has 476 valence electrons. The Morgan fingerprint density at radius 3 is 1.29 bits per heavy atom. The van der Waals surface area contributed by atoms with Gasteiger partial charge in [0.2, 0.25) is 5.91 Å². The van der Waals surface area contributed by atoms with Gasteiger partial charge >= 0.3 is 0 Å². The molecule has 0 aromatic carbocycles. The predicted octanol–water partition coefficient (Wildman–Crippen LogP) is 6.43. The maximum atomic E-state index is 13.3. The summed E-state index contributed by atoms with van der Waals surface area (Å²) in [6, 6.07) is -1.01. The summed E-state index contributed by atoms with van der Waals surface area (Å²) in [5.41, 5.74) is 0. The average molecular weight is 1170 g/mol. The van der Waals surface area contributed by atoms with E-state index < -0.39 is 124 Å². The van der Waals surface area contributed by atoms with E-state index >= 15 is 0 Å². The summed E-state index contributed by atoms with van der Waals surface area (Å²) in [4.78, 5) is 13.3. The number of aliphatic hydroxyl groups is 11. The molecule has 0 spiro atoms. The van der Waals surface area contributed by atoms with Crippen molar-refractivity contribution in [1.29, 1.82) is 0 Å². The number of carbonyl (C=O) groups is 1. The first-order chi connectivity index (χ1) is 39.8. The fourth-order valence-corrected chi connectivity index (χ4v) is 10.4. The molecule has 3 rings (SSSR count). The van der Waals surface area contributed by atoms with Gasteiger partial charge in [0.15, 0.2) is 18.9 Å². The number of allylic oxidation sites excluding steroid dienone is 9. The van der Waals surface area contributed by atoms with Gasteiger partial charge in [0.1, 0.15) is 73.2 Å². The first-order valence-corrected chi connectivity index (χ1v) is 31.5. The zero-order chi connectivity index (χ0) is 59.7. The number of aliphatic hydroxyl groups excluding tert-OH is 11. The average Bonchev–Trinajstić information content (AvgIpc) is 3.42. The molecule has 17 atom stereocenters. The van der Waals surface area contributed by atoms with E-state index in [0.717, 1.165) is 44.9 Å². The van der Waals surface area contributed by atoms with Gasteiger partial charge in [0.05, 0.1) is 38.6 Å². The van der Waals surface area contributed by atoms with Crippen LogP contribution in [0, 0.1) is 0 Å². The largest absolute Gasteiger partial charge is 0.394 e. The van der Waals surface area contributed by atoms with E-state index in [1.165, 1.54) is 122 Å². The Bertz CT molecular complexity index is 1730. The second-order valence-corrected chi connectivity index (χ2v) is 22.5. The molecular weight excluding hydrogens is 1060 g/mol. The highest BCUT2D eigenvalue weighted by Gasteiger charge is 2.53. The minimum Gasteiger partial charge on any atom is -0.394 e. The van der Waals surface area contributed by atoms with Crippen LogP contribution in [0.15, 0.2) is 60.8 Å². The predicted molar refractivity (Wildman–Crippen MR) is 314 cm³/mol. The van der Waals surface area contributed by atoms with Crippen LogP contribution in [-0.4, -0.2) is 193 Å². The number of rotatable bonds is 46. The van der Waals surface area contributed by atoms with Crippen LogP contribution in [0.5, 0.6) is 0 Å². The summed E-state index contributed by atoms with van der Waals surface area (Å²) in [7, 11) is 0. The van der Waals surface area contributed by atoms with Gasteiger partial charge in [-0.05, 0) is 44.9 Å². The summed E-state index contributed by atoms with van der Waals surface area (Å²) < 4.78 is 34.2. The monoisotopic (exact) mass is 1170 g/mol. The molecule has 12 N–H and O–H groups in total. The fraction of sp³-hybridized carbons (Fsp3) is 0.825. The van der Waals surface area contributed by atoms with Gasteiger partial charge in [-0.25, -0.2) is 0 Å². The molecular formula is C63H111NO18. The SMILES string of the molecule is CC/C=C\C/C=C\C/C=C\C/C=C\CCC(=O)NC(COC1OC(CO)C(OC2OC(CO)C(OC3OC(CO)C(O)C(O)C3O)C(O)C2O)C(O)C1O)C(O)/C=C/CCCCCCCCCCCCCCCCCCCCCCCC. The first-order valence-electron chi connectivity index (χ1n) is 31.5. The third-order valence-corrected chi connectivity index (χ3v) is 15.6. The van der Waals surface area contributed by atoms with Crippen molar-refractivity contribution >= 4 is 5.91 Å². The molecule has 3 aliphatic heterocycles. The highest BCUT2D eigenvalue weighted by molar-refractivity contribution is 5.76. The quantitative estimate of drug-likeness (QED) is 0.0231. The van der Waals surface area contributed by atoms with Crippen LogP contribution in [0.2, 0.25) is 0 Å². The first kappa shape index (κ1) is 73.7. The lowest BCUT2D eigenvalue weighted by Crippen LogP contribution is -2.66. The molecule has 3 aliphatic rings. The number of hydrogen-bond donors (Lipinski definition) is 12. The highest BCUT2D eigenvalue weighted by atomic mass is 16.8. The number of nitrogens with one attached hydrogen (secondary N) is 1. The number of ether oxygens (including phenoxy) is 6. The zero-order valence-electron chi connectivity index (χ0n) is 49.7. The molecule has 3 heterocycles. The summed E-state index contributed by atoms with van der Waals surface area (Å²) in [5.74, 6) is -0.356. The van der Waals surface area contributed by atoms with Gasteiger partial charge in [-0.3, -0.25) is 4.79 Å². The Balaban J connectivity index is 1.48. The van der Waals surface area contributed by atoms with Crippen LogP contribution in [0.3, 0.4) is 0 Å². The Hall–Kier alpha value is -2.51. The van der Waals surface area contributed by atoms with Crippen LogP contribution >= 0.6 is 0 Å². The molecule has 17 unspecified atom stereocenters. The van der Waals surface area contributed by atoms with E-state index in [1.807, 2.05) is 18.2 Å². The smallest absolute Gasteiger partial charge is 0.220 e. The number of unbranched alkanes of at least 4 members (excludes halogenated alkanes) is 22. The molecule has 1 amide bonds. The molecule has 0 bridgehead atoms. The van der Waals surface area contributed by atoms with Gasteiger partial charge in [-0.1, -0.05) is 209 Å². The molecule has 0 aromatic rings. The van der Waals surface area contributed by atoms with Crippen molar-refractivity contribution in [3.05, 3.63) is 60.8 Å².